The van der Waals surface area contributed by atoms with E-state index in [-0.39, 0.29) is 5.91 Å². The maximum Gasteiger partial charge on any atom is 0.241 e. The summed E-state index contributed by atoms with van der Waals surface area (Å²) >= 11 is 0. The maximum atomic E-state index is 12.6. The first-order valence-corrected chi connectivity index (χ1v) is 7.73. The lowest BCUT2D eigenvalue weighted by Crippen LogP contribution is -2.50. The lowest BCUT2D eigenvalue weighted by atomic mass is 10.2. The molecule has 0 atom stereocenters. The summed E-state index contributed by atoms with van der Waals surface area (Å²) < 4.78 is 7.23. The van der Waals surface area contributed by atoms with Crippen molar-refractivity contribution in [1.82, 2.24) is 14.7 Å². The first-order valence-electron chi connectivity index (χ1n) is 7.73. The number of ether oxygens (including phenoxy) is 1. The summed E-state index contributed by atoms with van der Waals surface area (Å²) in [6, 6.07) is 7.65. The van der Waals surface area contributed by atoms with Crippen molar-refractivity contribution in [3.8, 4) is 5.75 Å². The van der Waals surface area contributed by atoms with Gasteiger partial charge in [0, 0.05) is 37.9 Å². The Morgan fingerprint density at radius 2 is 2.04 bits per heavy atom. The molecule has 1 aliphatic heterocycles. The van der Waals surface area contributed by atoms with Crippen LogP contribution in [0.5, 0.6) is 5.75 Å². The van der Waals surface area contributed by atoms with Crippen molar-refractivity contribution in [2.24, 2.45) is 7.05 Å². The number of anilines is 1. The maximum absolute atomic E-state index is 12.6. The second-order valence-corrected chi connectivity index (χ2v) is 5.81. The topological polar surface area (TPSA) is 50.6 Å². The minimum atomic E-state index is 0.0993. The van der Waals surface area contributed by atoms with Gasteiger partial charge in [-0.05, 0) is 19.1 Å². The van der Waals surface area contributed by atoms with E-state index in [0.29, 0.717) is 13.1 Å². The Morgan fingerprint density at radius 3 is 2.70 bits per heavy atom. The molecule has 0 bridgehead atoms. The normalized spacial score (nSPS) is 16.0. The molecule has 6 nitrogen and oxygen atoms in total. The van der Waals surface area contributed by atoms with Crippen molar-refractivity contribution in [1.29, 1.82) is 0 Å². The van der Waals surface area contributed by atoms with Crippen LogP contribution >= 0.6 is 0 Å². The highest BCUT2D eigenvalue weighted by atomic mass is 16.5. The van der Waals surface area contributed by atoms with Crippen LogP contribution in [-0.4, -0.2) is 47.3 Å². The molecule has 3 rings (SSSR count). The molecule has 6 heteroatoms. The number of methoxy groups -OCH3 is 1. The number of carbonyl (C=O) groups is 1. The van der Waals surface area contributed by atoms with E-state index in [1.165, 1.54) is 5.56 Å². The summed E-state index contributed by atoms with van der Waals surface area (Å²) in [6.07, 6.45) is 1.88. The third kappa shape index (κ3) is 3.07. The predicted molar refractivity (Wildman–Crippen MR) is 88.6 cm³/mol. The first kappa shape index (κ1) is 15.6. The summed E-state index contributed by atoms with van der Waals surface area (Å²) in [6.45, 7) is 4.71. The second kappa shape index (κ2) is 6.42. The third-order valence-corrected chi connectivity index (χ3v) is 4.41. The van der Waals surface area contributed by atoms with Gasteiger partial charge >= 0.3 is 0 Å². The molecular weight excluding hydrogens is 292 g/mol. The molecule has 1 amide bonds. The summed E-state index contributed by atoms with van der Waals surface area (Å²) in [5.41, 5.74) is 3.16. The van der Waals surface area contributed by atoms with E-state index in [4.69, 9.17) is 4.74 Å². The molecule has 122 valence electrons. The number of benzene rings is 1. The Morgan fingerprint density at radius 1 is 1.26 bits per heavy atom. The zero-order chi connectivity index (χ0) is 16.4. The summed E-state index contributed by atoms with van der Waals surface area (Å²) in [5, 5.41) is 4.26. The SMILES string of the molecule is COc1ccccc1N1CCN(Cc2cnn(C)c2C)CC1=O. The smallest absolute Gasteiger partial charge is 0.241 e. The van der Waals surface area contributed by atoms with Gasteiger partial charge in [0.05, 0.1) is 25.5 Å². The molecule has 2 aromatic rings. The predicted octanol–water partition coefficient (Wildman–Crippen LogP) is 1.59. The zero-order valence-electron chi connectivity index (χ0n) is 13.8. The molecule has 1 aromatic carbocycles. The number of carbonyl (C=O) groups excluding carboxylic acids is 1. The molecule has 23 heavy (non-hydrogen) atoms. The Labute approximate surface area is 136 Å². The molecule has 2 heterocycles. The number of aromatic nitrogens is 2. The molecule has 0 spiro atoms. The number of rotatable bonds is 4. The fourth-order valence-corrected chi connectivity index (χ4v) is 2.90. The Hall–Kier alpha value is -2.34. The number of nitrogens with zero attached hydrogens (tertiary/aromatic N) is 4. The molecule has 0 N–H and O–H groups in total. The molecule has 0 saturated carbocycles. The number of piperazine rings is 1. The van der Waals surface area contributed by atoms with E-state index < -0.39 is 0 Å². The van der Waals surface area contributed by atoms with Gasteiger partial charge in [0.25, 0.3) is 0 Å². The highest BCUT2D eigenvalue weighted by Gasteiger charge is 2.27. The molecular formula is C17H22N4O2. The second-order valence-electron chi connectivity index (χ2n) is 5.81. The van der Waals surface area contributed by atoms with Crippen LogP contribution in [0.1, 0.15) is 11.3 Å². The van der Waals surface area contributed by atoms with Gasteiger partial charge in [-0.25, -0.2) is 0 Å². The van der Waals surface area contributed by atoms with Crippen LogP contribution in [0.4, 0.5) is 5.69 Å². The third-order valence-electron chi connectivity index (χ3n) is 4.41. The van der Waals surface area contributed by atoms with Crippen LogP contribution in [0, 0.1) is 6.92 Å². The van der Waals surface area contributed by atoms with Crippen LogP contribution in [0.15, 0.2) is 30.5 Å². The highest BCUT2D eigenvalue weighted by Crippen LogP contribution is 2.29. The summed E-state index contributed by atoms with van der Waals surface area (Å²) in [4.78, 5) is 16.5. The average Bonchev–Trinajstić information content (AvgIpc) is 2.87. The van der Waals surface area contributed by atoms with E-state index in [9.17, 15) is 4.79 Å². The molecule has 1 aliphatic rings. The van der Waals surface area contributed by atoms with Gasteiger partial charge < -0.3 is 9.64 Å². The molecule has 0 aliphatic carbocycles. The Bertz CT molecular complexity index is 710. The number of para-hydroxylation sites is 2. The summed E-state index contributed by atoms with van der Waals surface area (Å²) in [5.74, 6) is 0.833. The zero-order valence-corrected chi connectivity index (χ0v) is 13.8. The average molecular weight is 314 g/mol. The van der Waals surface area contributed by atoms with E-state index in [1.54, 1.807) is 7.11 Å². The quantitative estimate of drug-likeness (QED) is 0.860. The van der Waals surface area contributed by atoms with Crippen LogP contribution in [0.2, 0.25) is 0 Å². The van der Waals surface area contributed by atoms with Gasteiger partial charge in [-0.1, -0.05) is 12.1 Å². The van der Waals surface area contributed by atoms with Crippen molar-refractivity contribution in [3.05, 3.63) is 41.7 Å². The lowest BCUT2D eigenvalue weighted by molar-refractivity contribution is -0.121. The fraction of sp³-hybridized carbons (Fsp3) is 0.412. The van der Waals surface area contributed by atoms with Crippen LogP contribution in [0.3, 0.4) is 0 Å². The van der Waals surface area contributed by atoms with E-state index >= 15 is 0 Å². The fourth-order valence-electron chi connectivity index (χ4n) is 2.90. The van der Waals surface area contributed by atoms with Gasteiger partial charge in [0.1, 0.15) is 5.75 Å². The molecule has 1 fully saturated rings. The molecule has 0 radical (unpaired) electrons. The van der Waals surface area contributed by atoms with Crippen molar-refractivity contribution >= 4 is 11.6 Å². The van der Waals surface area contributed by atoms with Crippen LogP contribution < -0.4 is 9.64 Å². The van der Waals surface area contributed by atoms with Gasteiger partial charge in [0.15, 0.2) is 0 Å². The minimum absolute atomic E-state index is 0.0993. The first-order chi connectivity index (χ1) is 11.1. The van der Waals surface area contributed by atoms with Crippen molar-refractivity contribution < 1.29 is 9.53 Å². The van der Waals surface area contributed by atoms with E-state index in [0.717, 1.165) is 30.2 Å². The van der Waals surface area contributed by atoms with Crippen molar-refractivity contribution in [2.75, 3.05) is 31.6 Å². The molecule has 0 unspecified atom stereocenters. The van der Waals surface area contributed by atoms with Gasteiger partial charge in [-0.15, -0.1) is 0 Å². The van der Waals surface area contributed by atoms with Gasteiger partial charge in [-0.2, -0.15) is 5.10 Å². The van der Waals surface area contributed by atoms with Crippen molar-refractivity contribution in [3.63, 3.8) is 0 Å². The van der Waals surface area contributed by atoms with E-state index in [1.807, 2.05) is 47.1 Å². The van der Waals surface area contributed by atoms with E-state index in [2.05, 4.69) is 16.9 Å². The number of amides is 1. The van der Waals surface area contributed by atoms with Gasteiger partial charge in [-0.3, -0.25) is 14.4 Å². The largest absolute Gasteiger partial charge is 0.495 e. The lowest BCUT2D eigenvalue weighted by Gasteiger charge is -2.34. The Kier molecular flexibility index (Phi) is 4.34. The molecule has 1 aromatic heterocycles. The summed E-state index contributed by atoms with van der Waals surface area (Å²) in [7, 11) is 3.56. The molecule has 1 saturated heterocycles. The van der Waals surface area contributed by atoms with Crippen molar-refractivity contribution in [2.45, 2.75) is 13.5 Å². The highest BCUT2D eigenvalue weighted by molar-refractivity contribution is 5.96. The monoisotopic (exact) mass is 314 g/mol. The van der Waals surface area contributed by atoms with Crippen LogP contribution in [-0.2, 0) is 18.4 Å². The van der Waals surface area contributed by atoms with Gasteiger partial charge in [0.2, 0.25) is 5.91 Å². The standard InChI is InChI=1S/C17H22N4O2/c1-13-14(10-18-19(13)2)11-20-8-9-21(17(22)12-20)15-6-4-5-7-16(15)23-3/h4-7,10H,8-9,11-12H2,1-3H3. The van der Waals surface area contributed by atoms with Crippen LogP contribution in [0.25, 0.3) is 0 Å². The Balaban J connectivity index is 1.70. The number of hydrogen-bond acceptors (Lipinski definition) is 4. The minimum Gasteiger partial charge on any atom is -0.495 e. The number of hydrogen-bond donors (Lipinski definition) is 0. The number of aryl methyl sites for hydroxylation is 1.